The van der Waals surface area contributed by atoms with Crippen molar-refractivity contribution >= 4 is 17.3 Å². The van der Waals surface area contributed by atoms with E-state index in [1.165, 1.54) is 13.0 Å². The van der Waals surface area contributed by atoms with Crippen molar-refractivity contribution in [2.45, 2.75) is 13.3 Å². The molecule has 0 saturated heterocycles. The maximum absolute atomic E-state index is 11.1. The van der Waals surface area contributed by atoms with Gasteiger partial charge >= 0.3 is 0 Å². The molecule has 0 fully saturated rings. The van der Waals surface area contributed by atoms with Crippen LogP contribution in [0.5, 0.6) is 0 Å². The summed E-state index contributed by atoms with van der Waals surface area (Å²) in [5, 5.41) is 13.7. The van der Waals surface area contributed by atoms with Crippen molar-refractivity contribution in [3.8, 4) is 0 Å². The molecule has 102 valence electrons. The second-order valence-electron chi connectivity index (χ2n) is 4.28. The van der Waals surface area contributed by atoms with Crippen LogP contribution in [-0.4, -0.2) is 15.8 Å². The fourth-order valence-electron chi connectivity index (χ4n) is 1.86. The fraction of sp³-hybridized carbons (Fsp3) is 0.143. The summed E-state index contributed by atoms with van der Waals surface area (Å²) >= 11 is 0. The summed E-state index contributed by atoms with van der Waals surface area (Å²) in [4.78, 5) is 25.8. The average molecular weight is 271 g/mol. The van der Waals surface area contributed by atoms with Crippen LogP contribution in [0.15, 0.2) is 42.6 Å². The van der Waals surface area contributed by atoms with Gasteiger partial charge in [0.2, 0.25) is 5.91 Å². The van der Waals surface area contributed by atoms with E-state index >= 15 is 0 Å². The van der Waals surface area contributed by atoms with Crippen LogP contribution < -0.4 is 5.32 Å². The molecular formula is C14H13N3O3. The predicted octanol–water partition coefficient (Wildman–Crippen LogP) is 2.54. The fourth-order valence-corrected chi connectivity index (χ4v) is 1.86. The van der Waals surface area contributed by atoms with Gasteiger partial charge in [-0.15, -0.1) is 0 Å². The first kappa shape index (κ1) is 13.7. The smallest absolute Gasteiger partial charge is 0.275 e. The lowest BCUT2D eigenvalue weighted by atomic mass is 10.1. The van der Waals surface area contributed by atoms with Crippen LogP contribution in [0.25, 0.3) is 0 Å². The molecule has 6 heteroatoms. The molecule has 1 amide bonds. The average Bonchev–Trinajstić information content (AvgIpc) is 2.41. The number of nitro groups is 1. The second kappa shape index (κ2) is 5.92. The lowest BCUT2D eigenvalue weighted by molar-refractivity contribution is -0.385. The Morgan fingerprint density at radius 3 is 2.75 bits per heavy atom. The van der Waals surface area contributed by atoms with Gasteiger partial charge < -0.3 is 5.32 Å². The number of hydrogen-bond donors (Lipinski definition) is 1. The summed E-state index contributed by atoms with van der Waals surface area (Å²) in [6.07, 6.45) is 2.02. The van der Waals surface area contributed by atoms with Crippen molar-refractivity contribution in [3.05, 3.63) is 64.0 Å². The Morgan fingerprint density at radius 1 is 1.35 bits per heavy atom. The second-order valence-corrected chi connectivity index (χ2v) is 4.28. The lowest BCUT2D eigenvalue weighted by Crippen LogP contribution is -2.07. The maximum Gasteiger partial charge on any atom is 0.275 e. The highest BCUT2D eigenvalue weighted by molar-refractivity contribution is 5.89. The largest absolute Gasteiger partial charge is 0.326 e. The number of pyridine rings is 1. The molecule has 0 unspecified atom stereocenters. The van der Waals surface area contributed by atoms with Crippen LogP contribution >= 0.6 is 0 Å². The van der Waals surface area contributed by atoms with Gasteiger partial charge in [0, 0.05) is 42.6 Å². The Balaban J connectivity index is 2.33. The molecule has 0 bridgehead atoms. The first-order valence-electron chi connectivity index (χ1n) is 6.01. The van der Waals surface area contributed by atoms with E-state index in [0.29, 0.717) is 17.7 Å². The van der Waals surface area contributed by atoms with Gasteiger partial charge in [-0.1, -0.05) is 6.07 Å². The molecular weight excluding hydrogens is 258 g/mol. The molecule has 0 spiro atoms. The SMILES string of the molecule is CC(=O)Nc1ccc(Cc2ccccn2)c([N+](=O)[O-])c1. The van der Waals surface area contributed by atoms with Crippen LogP contribution in [0.2, 0.25) is 0 Å². The molecule has 2 aromatic rings. The number of rotatable bonds is 4. The molecule has 20 heavy (non-hydrogen) atoms. The quantitative estimate of drug-likeness (QED) is 0.684. The van der Waals surface area contributed by atoms with Gasteiger partial charge in [0.25, 0.3) is 5.69 Å². The first-order valence-corrected chi connectivity index (χ1v) is 6.01. The summed E-state index contributed by atoms with van der Waals surface area (Å²) in [7, 11) is 0. The molecule has 1 N–H and O–H groups in total. The number of carbonyl (C=O) groups excluding carboxylic acids is 1. The van der Waals surface area contributed by atoms with E-state index in [0.717, 1.165) is 5.69 Å². The molecule has 6 nitrogen and oxygen atoms in total. The number of nitro benzene ring substituents is 1. The molecule has 0 aliphatic heterocycles. The molecule has 0 radical (unpaired) electrons. The van der Waals surface area contributed by atoms with Crippen LogP contribution in [-0.2, 0) is 11.2 Å². The minimum atomic E-state index is -0.455. The Labute approximate surface area is 115 Å². The van der Waals surface area contributed by atoms with Crippen LogP contribution in [0.1, 0.15) is 18.2 Å². The van der Waals surface area contributed by atoms with Crippen LogP contribution in [0, 0.1) is 10.1 Å². The monoisotopic (exact) mass is 271 g/mol. The normalized spacial score (nSPS) is 10.1. The number of nitrogens with one attached hydrogen (secondary N) is 1. The molecule has 0 atom stereocenters. The Morgan fingerprint density at radius 2 is 2.15 bits per heavy atom. The summed E-state index contributed by atoms with van der Waals surface area (Å²) < 4.78 is 0. The van der Waals surface area contributed by atoms with E-state index in [9.17, 15) is 14.9 Å². The van der Waals surface area contributed by atoms with Gasteiger partial charge in [-0.25, -0.2) is 0 Å². The van der Waals surface area contributed by atoms with Gasteiger partial charge in [0.05, 0.1) is 4.92 Å². The lowest BCUT2D eigenvalue weighted by Gasteiger charge is -2.06. The first-order chi connectivity index (χ1) is 9.56. The van der Waals surface area contributed by atoms with Gasteiger partial charge in [-0.05, 0) is 24.3 Å². The zero-order valence-corrected chi connectivity index (χ0v) is 10.9. The van der Waals surface area contributed by atoms with Crippen molar-refractivity contribution in [2.24, 2.45) is 0 Å². The molecule has 2 rings (SSSR count). The van der Waals surface area contributed by atoms with Gasteiger partial charge in [-0.2, -0.15) is 0 Å². The van der Waals surface area contributed by atoms with Crippen LogP contribution in [0.4, 0.5) is 11.4 Å². The highest BCUT2D eigenvalue weighted by atomic mass is 16.6. The summed E-state index contributed by atoms with van der Waals surface area (Å²) in [5.74, 6) is -0.267. The molecule has 0 saturated carbocycles. The number of nitrogens with zero attached hydrogens (tertiary/aromatic N) is 2. The van der Waals surface area contributed by atoms with Gasteiger partial charge in [-0.3, -0.25) is 19.9 Å². The number of amides is 1. The zero-order valence-electron chi connectivity index (χ0n) is 10.9. The third-order valence-corrected chi connectivity index (χ3v) is 2.70. The number of hydrogen-bond acceptors (Lipinski definition) is 4. The number of aromatic nitrogens is 1. The molecule has 0 aliphatic rings. The number of benzene rings is 1. The van der Waals surface area contributed by atoms with Crippen molar-refractivity contribution in [1.29, 1.82) is 0 Å². The van der Waals surface area contributed by atoms with Gasteiger partial charge in [0.1, 0.15) is 0 Å². The zero-order chi connectivity index (χ0) is 14.5. The third-order valence-electron chi connectivity index (χ3n) is 2.70. The van der Waals surface area contributed by atoms with E-state index in [2.05, 4.69) is 10.3 Å². The van der Waals surface area contributed by atoms with Gasteiger partial charge in [0.15, 0.2) is 0 Å². The van der Waals surface area contributed by atoms with E-state index < -0.39 is 4.92 Å². The van der Waals surface area contributed by atoms with E-state index in [1.54, 1.807) is 24.4 Å². The maximum atomic E-state index is 11.1. The van der Waals surface area contributed by atoms with E-state index in [1.807, 2.05) is 12.1 Å². The minimum Gasteiger partial charge on any atom is -0.326 e. The van der Waals surface area contributed by atoms with E-state index in [-0.39, 0.29) is 11.6 Å². The molecule has 0 aliphatic carbocycles. The minimum absolute atomic E-state index is 0.0260. The topological polar surface area (TPSA) is 85.1 Å². The van der Waals surface area contributed by atoms with Crippen molar-refractivity contribution < 1.29 is 9.72 Å². The standard InChI is InChI=1S/C14H13N3O3/c1-10(18)16-13-6-5-11(14(9-13)17(19)20)8-12-4-2-3-7-15-12/h2-7,9H,8H2,1H3,(H,16,18). The summed E-state index contributed by atoms with van der Waals surface area (Å²) in [6, 6.07) is 10.1. The molecule has 1 aromatic heterocycles. The highest BCUT2D eigenvalue weighted by Crippen LogP contribution is 2.25. The van der Waals surface area contributed by atoms with Crippen LogP contribution in [0.3, 0.4) is 0 Å². The number of carbonyl (C=O) groups is 1. The molecule has 1 heterocycles. The van der Waals surface area contributed by atoms with Crippen molar-refractivity contribution in [2.75, 3.05) is 5.32 Å². The Kier molecular flexibility index (Phi) is 4.05. The predicted molar refractivity (Wildman–Crippen MR) is 74.4 cm³/mol. The summed E-state index contributed by atoms with van der Waals surface area (Å²) in [5.41, 5.74) is 1.70. The molecule has 1 aromatic carbocycles. The Hall–Kier alpha value is -2.76. The Bertz CT molecular complexity index is 641. The van der Waals surface area contributed by atoms with E-state index in [4.69, 9.17) is 0 Å². The summed E-state index contributed by atoms with van der Waals surface area (Å²) in [6.45, 7) is 1.35. The number of anilines is 1. The van der Waals surface area contributed by atoms with Crippen molar-refractivity contribution in [1.82, 2.24) is 4.98 Å². The van der Waals surface area contributed by atoms with Crippen molar-refractivity contribution in [3.63, 3.8) is 0 Å². The third kappa shape index (κ3) is 3.38. The highest BCUT2D eigenvalue weighted by Gasteiger charge is 2.15.